The summed E-state index contributed by atoms with van der Waals surface area (Å²) >= 11 is 0. The van der Waals surface area contributed by atoms with Gasteiger partial charge in [-0.25, -0.2) is 13.6 Å². The number of benzene rings is 2. The molecule has 0 saturated carbocycles. The molecule has 0 N–H and O–H groups in total. The summed E-state index contributed by atoms with van der Waals surface area (Å²) in [4.78, 5) is 11.9. The maximum Gasteiger partial charge on any atom is 0.341 e. The van der Waals surface area contributed by atoms with Gasteiger partial charge in [0.2, 0.25) is 0 Å². The van der Waals surface area contributed by atoms with Crippen molar-refractivity contribution < 1.29 is 23.0 Å². The maximum absolute atomic E-state index is 14.0. The summed E-state index contributed by atoms with van der Waals surface area (Å²) in [5, 5.41) is 0. The Hall–Kier alpha value is -2.43. The van der Waals surface area contributed by atoms with Gasteiger partial charge in [-0.15, -0.1) is 0 Å². The number of carbonyl (C=O) groups is 1. The highest BCUT2D eigenvalue weighted by Gasteiger charge is 2.23. The number of halogens is 2. The van der Waals surface area contributed by atoms with Gasteiger partial charge in [-0.3, -0.25) is 0 Å². The van der Waals surface area contributed by atoms with Crippen molar-refractivity contribution in [1.29, 1.82) is 0 Å². The smallest absolute Gasteiger partial charge is 0.341 e. The Labute approximate surface area is 133 Å². The van der Waals surface area contributed by atoms with Crippen molar-refractivity contribution in [1.82, 2.24) is 0 Å². The lowest BCUT2D eigenvalue weighted by molar-refractivity contribution is 0.00640. The van der Waals surface area contributed by atoms with Crippen molar-refractivity contribution in [3.05, 3.63) is 65.2 Å². The Kier molecular flexibility index (Phi) is 4.98. The quantitative estimate of drug-likeness (QED) is 0.778. The van der Waals surface area contributed by atoms with E-state index < -0.39 is 28.8 Å². The van der Waals surface area contributed by atoms with Gasteiger partial charge in [-0.2, -0.15) is 0 Å². The molecule has 5 heteroatoms. The Morgan fingerprint density at radius 3 is 2.30 bits per heavy atom. The second-order valence-corrected chi connectivity index (χ2v) is 6.04. The Balaban J connectivity index is 2.15. The molecule has 0 aliphatic carbocycles. The highest BCUT2D eigenvalue weighted by molar-refractivity contribution is 5.90. The van der Waals surface area contributed by atoms with Crippen molar-refractivity contribution in [3.63, 3.8) is 0 Å². The topological polar surface area (TPSA) is 35.5 Å². The van der Waals surface area contributed by atoms with Crippen LogP contribution in [0.5, 0.6) is 5.75 Å². The lowest BCUT2D eigenvalue weighted by atomic mass is 10.1. The van der Waals surface area contributed by atoms with E-state index in [1.54, 1.807) is 20.8 Å². The number of rotatable bonds is 4. The normalized spacial score (nSPS) is 11.2. The average Bonchev–Trinajstić information content (AvgIpc) is 2.47. The van der Waals surface area contributed by atoms with Crippen molar-refractivity contribution in [2.75, 3.05) is 0 Å². The van der Waals surface area contributed by atoms with Gasteiger partial charge in [0.25, 0.3) is 0 Å². The highest BCUT2D eigenvalue weighted by atomic mass is 19.1. The fourth-order valence-electron chi connectivity index (χ4n) is 1.86. The molecule has 2 aromatic carbocycles. The molecule has 0 aliphatic heterocycles. The lowest BCUT2D eigenvalue weighted by Crippen LogP contribution is -2.24. The summed E-state index contributed by atoms with van der Waals surface area (Å²) in [6, 6.07) is 10.8. The fourth-order valence-corrected chi connectivity index (χ4v) is 1.86. The van der Waals surface area contributed by atoms with Crippen LogP contribution in [-0.2, 0) is 11.3 Å². The number of hydrogen-bond acceptors (Lipinski definition) is 3. The molecule has 23 heavy (non-hydrogen) atoms. The van der Waals surface area contributed by atoms with Crippen LogP contribution in [0.4, 0.5) is 8.78 Å². The third kappa shape index (κ3) is 4.77. The van der Waals surface area contributed by atoms with E-state index >= 15 is 0 Å². The number of esters is 1. The summed E-state index contributed by atoms with van der Waals surface area (Å²) < 4.78 is 38.4. The first kappa shape index (κ1) is 16.9. The molecular weight excluding hydrogens is 302 g/mol. The van der Waals surface area contributed by atoms with E-state index in [2.05, 4.69) is 0 Å². The summed E-state index contributed by atoms with van der Waals surface area (Å²) in [7, 11) is 0. The number of carbonyl (C=O) groups excluding carboxylic acids is 1. The van der Waals surface area contributed by atoms with E-state index in [-0.39, 0.29) is 12.4 Å². The minimum Gasteiger partial charge on any atom is -0.486 e. The first-order chi connectivity index (χ1) is 10.8. The molecule has 0 unspecified atom stereocenters. The Bertz CT molecular complexity index is 691. The van der Waals surface area contributed by atoms with Crippen LogP contribution in [0.15, 0.2) is 42.5 Å². The average molecular weight is 320 g/mol. The summed E-state index contributed by atoms with van der Waals surface area (Å²) in [6.07, 6.45) is 0. The van der Waals surface area contributed by atoms with E-state index in [1.165, 1.54) is 0 Å². The second-order valence-electron chi connectivity index (χ2n) is 6.04. The van der Waals surface area contributed by atoms with Crippen LogP contribution in [0.2, 0.25) is 0 Å². The summed E-state index contributed by atoms with van der Waals surface area (Å²) in [6.45, 7) is 5.05. The van der Waals surface area contributed by atoms with Gasteiger partial charge in [-0.1, -0.05) is 30.3 Å². The van der Waals surface area contributed by atoms with Crippen molar-refractivity contribution in [2.24, 2.45) is 0 Å². The maximum atomic E-state index is 14.0. The zero-order chi connectivity index (χ0) is 17.0. The van der Waals surface area contributed by atoms with Gasteiger partial charge in [0.15, 0.2) is 11.6 Å². The Morgan fingerprint density at radius 2 is 1.70 bits per heavy atom. The highest BCUT2D eigenvalue weighted by Crippen LogP contribution is 2.24. The molecule has 0 saturated heterocycles. The lowest BCUT2D eigenvalue weighted by Gasteiger charge is -2.19. The molecule has 2 rings (SSSR count). The molecule has 0 spiro atoms. The van der Waals surface area contributed by atoms with E-state index in [4.69, 9.17) is 9.47 Å². The van der Waals surface area contributed by atoms with E-state index in [1.807, 2.05) is 30.3 Å². The van der Waals surface area contributed by atoms with Gasteiger partial charge < -0.3 is 9.47 Å². The first-order valence-corrected chi connectivity index (χ1v) is 7.15. The molecule has 0 heterocycles. The minimum atomic E-state index is -0.913. The summed E-state index contributed by atoms with van der Waals surface area (Å²) in [5.74, 6) is -2.87. The predicted octanol–water partition coefficient (Wildman–Crippen LogP) is 4.50. The zero-order valence-electron chi connectivity index (χ0n) is 13.2. The van der Waals surface area contributed by atoms with Crippen molar-refractivity contribution in [2.45, 2.75) is 33.0 Å². The fraction of sp³-hybridized carbons (Fsp3) is 0.278. The molecule has 3 nitrogen and oxygen atoms in total. The van der Waals surface area contributed by atoms with Crippen LogP contribution >= 0.6 is 0 Å². The number of ether oxygens (including phenoxy) is 2. The largest absolute Gasteiger partial charge is 0.486 e. The van der Waals surface area contributed by atoms with E-state index in [9.17, 15) is 13.6 Å². The van der Waals surface area contributed by atoms with Gasteiger partial charge in [0, 0.05) is 6.07 Å². The summed E-state index contributed by atoms with van der Waals surface area (Å²) in [5.41, 5.74) is -0.421. The van der Waals surface area contributed by atoms with Crippen LogP contribution in [0.1, 0.15) is 36.7 Å². The molecule has 0 aliphatic rings. The van der Waals surface area contributed by atoms with Crippen LogP contribution in [0.3, 0.4) is 0 Å². The monoisotopic (exact) mass is 320 g/mol. The van der Waals surface area contributed by atoms with Gasteiger partial charge >= 0.3 is 5.97 Å². The second kappa shape index (κ2) is 6.77. The minimum absolute atomic E-state index is 0.100. The molecule has 0 fully saturated rings. The zero-order valence-corrected chi connectivity index (χ0v) is 13.2. The number of hydrogen-bond donors (Lipinski definition) is 0. The Morgan fingerprint density at radius 1 is 1.04 bits per heavy atom. The van der Waals surface area contributed by atoms with E-state index in [0.717, 1.165) is 17.7 Å². The van der Waals surface area contributed by atoms with Crippen LogP contribution in [0, 0.1) is 11.6 Å². The molecule has 0 aromatic heterocycles. The van der Waals surface area contributed by atoms with Crippen molar-refractivity contribution in [3.8, 4) is 5.75 Å². The van der Waals surface area contributed by atoms with Gasteiger partial charge in [0.05, 0.1) is 5.56 Å². The van der Waals surface area contributed by atoms with Crippen molar-refractivity contribution >= 4 is 5.97 Å². The standard InChI is InChI=1S/C18H18F2O3/c1-18(2,3)23-17(21)13-9-15(20)16(10-14(13)19)22-11-12-7-5-4-6-8-12/h4-10H,11H2,1-3H3. The third-order valence-electron chi connectivity index (χ3n) is 2.88. The molecule has 122 valence electrons. The molecular formula is C18H18F2O3. The van der Waals surface area contributed by atoms with Crippen LogP contribution in [0.25, 0.3) is 0 Å². The van der Waals surface area contributed by atoms with Gasteiger partial charge in [-0.05, 0) is 32.4 Å². The van der Waals surface area contributed by atoms with Crippen LogP contribution in [-0.4, -0.2) is 11.6 Å². The molecule has 0 atom stereocenters. The predicted molar refractivity (Wildman–Crippen MR) is 82.3 cm³/mol. The molecule has 0 bridgehead atoms. The first-order valence-electron chi connectivity index (χ1n) is 7.15. The molecule has 2 aromatic rings. The van der Waals surface area contributed by atoms with Gasteiger partial charge in [0.1, 0.15) is 18.0 Å². The molecule has 0 amide bonds. The molecule has 0 radical (unpaired) electrons. The van der Waals surface area contributed by atoms with Crippen LogP contribution < -0.4 is 4.74 Å². The van der Waals surface area contributed by atoms with E-state index in [0.29, 0.717) is 0 Å². The third-order valence-corrected chi connectivity index (χ3v) is 2.88. The SMILES string of the molecule is CC(C)(C)OC(=O)c1cc(F)c(OCc2ccccc2)cc1F.